The van der Waals surface area contributed by atoms with Crippen molar-refractivity contribution in [1.29, 1.82) is 0 Å². The number of esters is 1. The van der Waals surface area contributed by atoms with Gasteiger partial charge in [0, 0.05) is 24.5 Å². The molecule has 1 heterocycles. The van der Waals surface area contributed by atoms with Crippen LogP contribution in [-0.4, -0.2) is 35.7 Å². The van der Waals surface area contributed by atoms with Gasteiger partial charge in [0.1, 0.15) is 6.54 Å². The average Bonchev–Trinajstić information content (AvgIpc) is 2.34. The second kappa shape index (κ2) is 5.86. The van der Waals surface area contributed by atoms with Crippen LogP contribution in [0, 0.1) is 0 Å². The van der Waals surface area contributed by atoms with Crippen molar-refractivity contribution in [1.82, 2.24) is 9.55 Å². The molecule has 6 heteroatoms. The highest BCUT2D eigenvalue weighted by molar-refractivity contribution is 5.75. The second-order valence-corrected chi connectivity index (χ2v) is 5.19. The number of anilines is 1. The normalized spacial score (nSPS) is 11.2. The van der Waals surface area contributed by atoms with Crippen LogP contribution in [0.5, 0.6) is 0 Å². The summed E-state index contributed by atoms with van der Waals surface area (Å²) in [7, 11) is 1.32. The molecular weight excluding hydrogens is 246 g/mol. The summed E-state index contributed by atoms with van der Waals surface area (Å²) >= 11 is 0. The maximum absolute atomic E-state index is 12.4. The summed E-state index contributed by atoms with van der Waals surface area (Å²) in [5, 5.41) is 0. The minimum Gasteiger partial charge on any atom is -0.468 e. The first-order valence-electron chi connectivity index (χ1n) is 6.21. The van der Waals surface area contributed by atoms with E-state index >= 15 is 0 Å². The molecule has 0 unspecified atom stereocenters. The van der Waals surface area contributed by atoms with Gasteiger partial charge in [0.05, 0.1) is 7.11 Å². The number of aromatic nitrogens is 2. The lowest BCUT2D eigenvalue weighted by molar-refractivity contribution is -0.138. The van der Waals surface area contributed by atoms with E-state index in [4.69, 9.17) is 0 Å². The first-order chi connectivity index (χ1) is 8.81. The van der Waals surface area contributed by atoms with E-state index < -0.39 is 5.97 Å². The highest BCUT2D eigenvalue weighted by atomic mass is 16.5. The second-order valence-electron chi connectivity index (χ2n) is 5.19. The third-order valence-corrected chi connectivity index (χ3v) is 2.77. The lowest BCUT2D eigenvalue weighted by Crippen LogP contribution is -2.40. The molecule has 0 fully saturated rings. The van der Waals surface area contributed by atoms with Crippen LogP contribution >= 0.6 is 0 Å². The van der Waals surface area contributed by atoms with Crippen molar-refractivity contribution >= 4 is 11.8 Å². The number of methoxy groups -OCH3 is 1. The molecule has 19 heavy (non-hydrogen) atoms. The number of carbonyl (C=O) groups is 1. The summed E-state index contributed by atoms with van der Waals surface area (Å²) in [6, 6.07) is 0. The zero-order chi connectivity index (χ0) is 14.6. The molecule has 0 aliphatic carbocycles. The Bertz CT molecular complexity index is 503. The number of nitrogens with zero attached hydrogens (tertiary/aromatic N) is 3. The van der Waals surface area contributed by atoms with Gasteiger partial charge in [0.2, 0.25) is 0 Å². The number of hydrogen-bond acceptors (Lipinski definition) is 5. The van der Waals surface area contributed by atoms with Crippen molar-refractivity contribution in [3.8, 4) is 0 Å². The minimum absolute atomic E-state index is 0.0173. The quantitative estimate of drug-likeness (QED) is 0.761. The molecule has 0 atom stereocenters. The number of carbonyl (C=O) groups excluding carboxylic acids is 1. The highest BCUT2D eigenvalue weighted by Gasteiger charge is 2.20. The van der Waals surface area contributed by atoms with Gasteiger partial charge < -0.3 is 14.2 Å². The van der Waals surface area contributed by atoms with Crippen molar-refractivity contribution in [2.45, 2.75) is 33.2 Å². The molecule has 0 saturated carbocycles. The highest BCUT2D eigenvalue weighted by Crippen LogP contribution is 2.12. The Morgan fingerprint density at radius 3 is 2.58 bits per heavy atom. The van der Waals surface area contributed by atoms with Gasteiger partial charge in [-0.05, 0) is 27.7 Å². The molecule has 0 aliphatic heterocycles. The fourth-order valence-corrected chi connectivity index (χ4v) is 1.70. The Kier molecular flexibility index (Phi) is 4.69. The van der Waals surface area contributed by atoms with Gasteiger partial charge in [0.15, 0.2) is 5.82 Å². The van der Waals surface area contributed by atoms with E-state index in [1.807, 2.05) is 27.7 Å². The van der Waals surface area contributed by atoms with Crippen LogP contribution in [0.4, 0.5) is 5.82 Å². The van der Waals surface area contributed by atoms with Crippen LogP contribution in [0.1, 0.15) is 27.7 Å². The summed E-state index contributed by atoms with van der Waals surface area (Å²) in [5.41, 5.74) is -0.542. The number of hydrogen-bond donors (Lipinski definition) is 0. The Labute approximate surface area is 113 Å². The van der Waals surface area contributed by atoms with Gasteiger partial charge >= 0.3 is 5.97 Å². The Balaban J connectivity index is 3.19. The molecule has 1 rings (SSSR count). The molecule has 0 amide bonds. The SMILES string of the molecule is CCN(CC(=O)OC)c1nccn(C(C)(C)C)c1=O. The number of ether oxygens (including phenoxy) is 1. The van der Waals surface area contributed by atoms with E-state index in [2.05, 4.69) is 9.72 Å². The molecule has 6 nitrogen and oxygen atoms in total. The van der Waals surface area contributed by atoms with E-state index in [-0.39, 0.29) is 23.5 Å². The van der Waals surface area contributed by atoms with Crippen LogP contribution < -0.4 is 10.5 Å². The molecule has 1 aromatic heterocycles. The number of likely N-dealkylation sites (N-methyl/N-ethyl adjacent to an activating group) is 1. The van der Waals surface area contributed by atoms with Gasteiger partial charge in [-0.3, -0.25) is 9.59 Å². The molecule has 0 spiro atoms. The molecule has 0 saturated heterocycles. The van der Waals surface area contributed by atoms with Crippen molar-refractivity contribution in [2.24, 2.45) is 0 Å². The Morgan fingerprint density at radius 2 is 2.11 bits per heavy atom. The Hall–Kier alpha value is -1.85. The van der Waals surface area contributed by atoms with Crippen LogP contribution in [0.25, 0.3) is 0 Å². The van der Waals surface area contributed by atoms with Crippen molar-refractivity contribution in [3.05, 3.63) is 22.7 Å². The lowest BCUT2D eigenvalue weighted by atomic mass is 10.1. The molecule has 0 aliphatic rings. The summed E-state index contributed by atoms with van der Waals surface area (Å²) in [5.74, 6) is -0.125. The molecule has 106 valence electrons. The minimum atomic E-state index is -0.394. The van der Waals surface area contributed by atoms with Gasteiger partial charge in [-0.25, -0.2) is 4.98 Å². The van der Waals surface area contributed by atoms with Crippen LogP contribution in [0.2, 0.25) is 0 Å². The molecule has 0 aromatic carbocycles. The topological polar surface area (TPSA) is 64.4 Å². The zero-order valence-corrected chi connectivity index (χ0v) is 12.1. The summed E-state index contributed by atoms with van der Waals surface area (Å²) in [4.78, 5) is 29.4. The van der Waals surface area contributed by atoms with Crippen LogP contribution in [0.3, 0.4) is 0 Å². The lowest BCUT2D eigenvalue weighted by Gasteiger charge is -2.25. The zero-order valence-electron chi connectivity index (χ0n) is 12.1. The van der Waals surface area contributed by atoms with E-state index in [0.29, 0.717) is 6.54 Å². The van der Waals surface area contributed by atoms with Crippen LogP contribution in [0.15, 0.2) is 17.2 Å². The van der Waals surface area contributed by atoms with E-state index in [9.17, 15) is 9.59 Å². The summed E-state index contributed by atoms with van der Waals surface area (Å²) in [6.07, 6.45) is 3.22. The number of rotatable bonds is 4. The van der Waals surface area contributed by atoms with E-state index in [1.165, 1.54) is 7.11 Å². The van der Waals surface area contributed by atoms with E-state index in [0.717, 1.165) is 0 Å². The third-order valence-electron chi connectivity index (χ3n) is 2.77. The molecular formula is C13H21N3O3. The fraction of sp³-hybridized carbons (Fsp3) is 0.615. The maximum Gasteiger partial charge on any atom is 0.325 e. The van der Waals surface area contributed by atoms with Gasteiger partial charge in [0.25, 0.3) is 5.56 Å². The predicted molar refractivity (Wildman–Crippen MR) is 73.4 cm³/mol. The van der Waals surface area contributed by atoms with Crippen LogP contribution in [-0.2, 0) is 15.1 Å². The largest absolute Gasteiger partial charge is 0.468 e. The van der Waals surface area contributed by atoms with Crippen molar-refractivity contribution in [2.75, 3.05) is 25.1 Å². The first-order valence-corrected chi connectivity index (χ1v) is 6.21. The molecule has 0 N–H and O–H groups in total. The average molecular weight is 267 g/mol. The molecule has 0 radical (unpaired) electrons. The maximum atomic E-state index is 12.4. The smallest absolute Gasteiger partial charge is 0.325 e. The molecule has 0 bridgehead atoms. The molecule has 1 aromatic rings. The predicted octanol–water partition coefficient (Wildman–Crippen LogP) is 0.998. The standard InChI is InChI=1S/C13H21N3O3/c1-6-15(9-10(17)19-5)11-12(18)16(8-7-14-11)13(2,3)4/h7-8H,6,9H2,1-5H3. The Morgan fingerprint density at radius 1 is 1.47 bits per heavy atom. The van der Waals surface area contributed by atoms with Gasteiger partial charge in [-0.2, -0.15) is 0 Å². The summed E-state index contributed by atoms with van der Waals surface area (Å²) in [6.45, 7) is 8.20. The summed E-state index contributed by atoms with van der Waals surface area (Å²) < 4.78 is 6.23. The van der Waals surface area contributed by atoms with E-state index in [1.54, 1.807) is 21.9 Å². The van der Waals surface area contributed by atoms with Gasteiger partial charge in [-0.15, -0.1) is 0 Å². The van der Waals surface area contributed by atoms with Gasteiger partial charge in [-0.1, -0.05) is 0 Å². The van der Waals surface area contributed by atoms with Crippen molar-refractivity contribution < 1.29 is 9.53 Å². The first kappa shape index (κ1) is 15.2. The third kappa shape index (κ3) is 3.56. The van der Waals surface area contributed by atoms with Crippen molar-refractivity contribution in [3.63, 3.8) is 0 Å². The monoisotopic (exact) mass is 267 g/mol. The fourth-order valence-electron chi connectivity index (χ4n) is 1.70.